The minimum absolute atomic E-state index is 0.252. The Labute approximate surface area is 154 Å². The number of methoxy groups -OCH3 is 1. The molecule has 1 aromatic heterocycles. The molecule has 0 aromatic carbocycles. The van der Waals surface area contributed by atoms with E-state index < -0.39 is 5.60 Å². The number of aromatic amines is 1. The van der Waals surface area contributed by atoms with E-state index in [1.165, 1.54) is 5.57 Å². The zero-order valence-corrected chi connectivity index (χ0v) is 16.1. The van der Waals surface area contributed by atoms with Crippen LogP contribution in [0.3, 0.4) is 0 Å². The van der Waals surface area contributed by atoms with Crippen molar-refractivity contribution in [3.05, 3.63) is 40.6 Å². The van der Waals surface area contributed by atoms with Crippen molar-refractivity contribution in [3.63, 3.8) is 0 Å². The summed E-state index contributed by atoms with van der Waals surface area (Å²) in [5.41, 5.74) is 1.92. The fourth-order valence-electron chi connectivity index (χ4n) is 3.29. The van der Waals surface area contributed by atoms with Gasteiger partial charge in [-0.3, -0.25) is 0 Å². The van der Waals surface area contributed by atoms with Crippen LogP contribution in [0.25, 0.3) is 17.4 Å². The monoisotopic (exact) mass is 356 g/mol. The van der Waals surface area contributed by atoms with Crippen LogP contribution in [0.1, 0.15) is 45.6 Å². The van der Waals surface area contributed by atoms with Gasteiger partial charge in [-0.25, -0.2) is 4.79 Å². The Morgan fingerprint density at radius 2 is 2.04 bits per heavy atom. The molecule has 140 valence electrons. The second kappa shape index (κ2) is 7.44. The number of nitrogens with one attached hydrogen (secondary N) is 1. The van der Waals surface area contributed by atoms with Crippen molar-refractivity contribution in [1.82, 2.24) is 9.88 Å². The molecule has 1 amide bonds. The number of allylic oxidation sites excluding steroid dienone is 1. The molecule has 0 saturated heterocycles. The second-order valence-electron chi connectivity index (χ2n) is 7.65. The number of carbonyl (C=O) groups is 1. The normalized spacial score (nSPS) is 17.6. The van der Waals surface area contributed by atoms with E-state index in [4.69, 9.17) is 9.47 Å². The standard InChI is InChI=1S/C21H28N2O3/c1-21(2,3)26-20(24)23-12-10-15(11-13-23)16-14-22-17-8-6-5-7-9-18(25-4)19(16)17/h7-10,14,22H,5-6,11-13H2,1-4H3. The molecule has 0 radical (unpaired) electrons. The van der Waals surface area contributed by atoms with Crippen molar-refractivity contribution >= 4 is 23.5 Å². The van der Waals surface area contributed by atoms with Crippen molar-refractivity contribution in [2.24, 2.45) is 0 Å². The Morgan fingerprint density at radius 1 is 1.23 bits per heavy atom. The molecule has 0 bridgehead atoms. The van der Waals surface area contributed by atoms with Crippen LogP contribution in [0.5, 0.6) is 0 Å². The Hall–Kier alpha value is -2.43. The molecule has 5 nitrogen and oxygen atoms in total. The lowest BCUT2D eigenvalue weighted by molar-refractivity contribution is 0.0270. The Balaban J connectivity index is 1.89. The Bertz CT molecular complexity index is 853. The molecule has 1 aliphatic carbocycles. The van der Waals surface area contributed by atoms with E-state index in [0.717, 1.165) is 41.2 Å². The van der Waals surface area contributed by atoms with E-state index in [2.05, 4.69) is 29.3 Å². The van der Waals surface area contributed by atoms with Crippen molar-refractivity contribution < 1.29 is 14.3 Å². The van der Waals surface area contributed by atoms with Crippen molar-refractivity contribution in [2.75, 3.05) is 20.2 Å². The maximum Gasteiger partial charge on any atom is 0.410 e. The minimum Gasteiger partial charge on any atom is -0.496 e. The van der Waals surface area contributed by atoms with Crippen LogP contribution in [0, 0.1) is 0 Å². The highest BCUT2D eigenvalue weighted by Gasteiger charge is 2.24. The van der Waals surface area contributed by atoms with Gasteiger partial charge in [-0.15, -0.1) is 0 Å². The molecular formula is C21H28N2O3. The number of carbonyl (C=O) groups excluding carboxylic acids is 1. The molecule has 1 aromatic rings. The summed E-state index contributed by atoms with van der Waals surface area (Å²) >= 11 is 0. The van der Waals surface area contributed by atoms with Crippen LogP contribution >= 0.6 is 0 Å². The Kier molecular flexibility index (Phi) is 5.25. The van der Waals surface area contributed by atoms with Gasteiger partial charge in [0.15, 0.2) is 0 Å². The molecule has 0 saturated carbocycles. The van der Waals surface area contributed by atoms with Gasteiger partial charge in [0.1, 0.15) is 11.4 Å². The number of hydrogen-bond donors (Lipinski definition) is 1. The number of nitrogens with zero attached hydrogens (tertiary/aromatic N) is 1. The van der Waals surface area contributed by atoms with E-state index in [1.807, 2.05) is 27.0 Å². The van der Waals surface area contributed by atoms with Gasteiger partial charge in [-0.05, 0) is 51.7 Å². The smallest absolute Gasteiger partial charge is 0.410 e. The summed E-state index contributed by atoms with van der Waals surface area (Å²) < 4.78 is 11.1. The summed E-state index contributed by atoms with van der Waals surface area (Å²) in [6.45, 7) is 6.88. The third-order valence-electron chi connectivity index (χ3n) is 4.53. The molecule has 0 spiro atoms. The molecular weight excluding hydrogens is 328 g/mol. The molecule has 2 aliphatic rings. The summed E-state index contributed by atoms with van der Waals surface area (Å²) in [7, 11) is 1.71. The maximum atomic E-state index is 12.3. The third kappa shape index (κ3) is 4.03. The minimum atomic E-state index is -0.470. The lowest BCUT2D eigenvalue weighted by Crippen LogP contribution is -2.39. The number of aromatic nitrogens is 1. The number of fused-ring (bicyclic) bond motifs is 1. The molecule has 3 rings (SSSR count). The molecule has 26 heavy (non-hydrogen) atoms. The fraction of sp³-hybridized carbons (Fsp3) is 0.476. The van der Waals surface area contributed by atoms with Gasteiger partial charge in [0.2, 0.25) is 0 Å². The lowest BCUT2D eigenvalue weighted by Gasteiger charge is -2.29. The zero-order valence-electron chi connectivity index (χ0n) is 16.1. The summed E-state index contributed by atoms with van der Waals surface area (Å²) in [5.74, 6) is 0.877. The first kappa shape index (κ1) is 18.4. The zero-order chi connectivity index (χ0) is 18.7. The van der Waals surface area contributed by atoms with E-state index in [1.54, 1.807) is 12.0 Å². The van der Waals surface area contributed by atoms with E-state index in [-0.39, 0.29) is 6.09 Å². The van der Waals surface area contributed by atoms with Crippen molar-refractivity contribution in [3.8, 4) is 0 Å². The quantitative estimate of drug-likeness (QED) is 0.886. The first-order chi connectivity index (χ1) is 12.4. The van der Waals surface area contributed by atoms with Gasteiger partial charge < -0.3 is 19.4 Å². The number of ether oxygens (including phenoxy) is 2. The van der Waals surface area contributed by atoms with Crippen molar-refractivity contribution in [2.45, 2.75) is 45.6 Å². The fourth-order valence-corrected chi connectivity index (χ4v) is 3.29. The molecule has 0 atom stereocenters. The van der Waals surface area contributed by atoms with Gasteiger partial charge in [-0.1, -0.05) is 18.2 Å². The molecule has 0 unspecified atom stereocenters. The lowest BCUT2D eigenvalue weighted by atomic mass is 9.99. The SMILES string of the molecule is COC1=c2c(C3=CCN(C(=O)OC(C)(C)C)CC3)c[nH]c2=CCCC=C1. The molecule has 0 fully saturated rings. The summed E-state index contributed by atoms with van der Waals surface area (Å²) in [5, 5.41) is 2.22. The predicted octanol–water partition coefficient (Wildman–Crippen LogP) is 2.92. The highest BCUT2D eigenvalue weighted by atomic mass is 16.6. The van der Waals surface area contributed by atoms with Crippen LogP contribution in [0.2, 0.25) is 0 Å². The van der Waals surface area contributed by atoms with Crippen LogP contribution in [0.4, 0.5) is 4.79 Å². The largest absolute Gasteiger partial charge is 0.496 e. The van der Waals surface area contributed by atoms with Gasteiger partial charge >= 0.3 is 6.09 Å². The van der Waals surface area contributed by atoms with E-state index in [0.29, 0.717) is 13.1 Å². The highest BCUT2D eigenvalue weighted by Crippen LogP contribution is 2.21. The molecule has 1 N–H and O–H groups in total. The van der Waals surface area contributed by atoms with Crippen LogP contribution in [-0.2, 0) is 9.47 Å². The molecule has 2 heterocycles. The third-order valence-corrected chi connectivity index (χ3v) is 4.53. The molecule has 5 heteroatoms. The number of hydrogen-bond acceptors (Lipinski definition) is 3. The van der Waals surface area contributed by atoms with Gasteiger partial charge in [0, 0.05) is 35.4 Å². The molecule has 1 aliphatic heterocycles. The van der Waals surface area contributed by atoms with Crippen molar-refractivity contribution in [1.29, 1.82) is 0 Å². The predicted molar refractivity (Wildman–Crippen MR) is 104 cm³/mol. The van der Waals surface area contributed by atoms with E-state index in [9.17, 15) is 4.79 Å². The topological polar surface area (TPSA) is 54.6 Å². The summed E-state index contributed by atoms with van der Waals surface area (Å²) in [6, 6.07) is 0. The average molecular weight is 356 g/mol. The average Bonchev–Trinajstić information content (AvgIpc) is 2.97. The van der Waals surface area contributed by atoms with Crippen LogP contribution in [0.15, 0.2) is 24.4 Å². The maximum absolute atomic E-state index is 12.3. The number of rotatable bonds is 2. The number of H-pyrrole nitrogens is 1. The second-order valence-corrected chi connectivity index (χ2v) is 7.65. The van der Waals surface area contributed by atoms with Gasteiger partial charge in [0.25, 0.3) is 0 Å². The first-order valence-corrected chi connectivity index (χ1v) is 9.19. The Morgan fingerprint density at radius 3 is 2.69 bits per heavy atom. The van der Waals surface area contributed by atoms with Gasteiger partial charge in [-0.2, -0.15) is 0 Å². The summed E-state index contributed by atoms with van der Waals surface area (Å²) in [4.78, 5) is 17.4. The number of amides is 1. The van der Waals surface area contributed by atoms with E-state index >= 15 is 0 Å². The summed E-state index contributed by atoms with van der Waals surface area (Å²) in [6.07, 6.45) is 13.1. The van der Waals surface area contributed by atoms with Gasteiger partial charge in [0.05, 0.1) is 7.11 Å². The van der Waals surface area contributed by atoms with Crippen LogP contribution < -0.4 is 10.6 Å². The van der Waals surface area contributed by atoms with Crippen LogP contribution in [-0.4, -0.2) is 41.8 Å². The highest BCUT2D eigenvalue weighted by molar-refractivity contribution is 5.74. The first-order valence-electron chi connectivity index (χ1n) is 9.19.